The van der Waals surface area contributed by atoms with E-state index in [9.17, 15) is 4.79 Å². The third kappa shape index (κ3) is 7.26. The smallest absolute Gasteiger partial charge is 0.221 e. The minimum atomic E-state index is -0.0953. The molecule has 0 heterocycles. The van der Waals surface area contributed by atoms with E-state index in [2.05, 4.69) is 20.9 Å². The molecule has 2 rings (SSSR count). The van der Waals surface area contributed by atoms with Crippen LogP contribution < -0.4 is 25.4 Å². The lowest BCUT2D eigenvalue weighted by atomic mass is 10.2. The monoisotopic (exact) mass is 498 g/mol. The molecule has 0 saturated carbocycles. The Labute approximate surface area is 182 Å². The van der Waals surface area contributed by atoms with Crippen molar-refractivity contribution >= 4 is 47.2 Å². The van der Waals surface area contributed by atoms with Gasteiger partial charge in [-0.05, 0) is 36.8 Å². The topological polar surface area (TPSA) is 84.0 Å². The van der Waals surface area contributed by atoms with Crippen LogP contribution in [0.4, 0.5) is 11.4 Å². The number of hydrogen-bond acceptors (Lipinski definition) is 4. The summed E-state index contributed by atoms with van der Waals surface area (Å²) in [6.45, 7) is 4.55. The Balaban J connectivity index is 0.00000392. The molecule has 152 valence electrons. The quantitative estimate of drug-likeness (QED) is 0.307. The van der Waals surface area contributed by atoms with Gasteiger partial charge in [-0.1, -0.05) is 12.1 Å². The van der Waals surface area contributed by atoms with Gasteiger partial charge in [-0.2, -0.15) is 0 Å². The van der Waals surface area contributed by atoms with Crippen LogP contribution in [-0.2, 0) is 11.3 Å². The maximum atomic E-state index is 11.2. The molecule has 0 atom stereocenters. The van der Waals surface area contributed by atoms with Gasteiger partial charge in [0.05, 0.1) is 13.7 Å². The summed E-state index contributed by atoms with van der Waals surface area (Å²) in [6, 6.07) is 13.3. The van der Waals surface area contributed by atoms with Crippen LogP contribution in [0, 0.1) is 0 Å². The molecule has 0 radical (unpaired) electrons. The Morgan fingerprint density at radius 2 is 1.82 bits per heavy atom. The van der Waals surface area contributed by atoms with E-state index in [0.717, 1.165) is 16.9 Å². The average molecular weight is 498 g/mol. The van der Waals surface area contributed by atoms with E-state index >= 15 is 0 Å². The molecule has 0 aliphatic rings. The number of aliphatic imine (C=N–C) groups is 1. The highest BCUT2D eigenvalue weighted by Gasteiger charge is 2.07. The third-order valence-electron chi connectivity index (χ3n) is 3.66. The third-order valence-corrected chi connectivity index (χ3v) is 3.66. The number of nitrogens with one attached hydrogen (secondary N) is 3. The molecule has 0 spiro atoms. The zero-order valence-corrected chi connectivity index (χ0v) is 18.9. The second-order valence-electron chi connectivity index (χ2n) is 5.73. The average Bonchev–Trinajstić information content (AvgIpc) is 2.66. The fraction of sp³-hybridized carbons (Fsp3) is 0.300. The highest BCUT2D eigenvalue weighted by molar-refractivity contribution is 14.0. The molecule has 28 heavy (non-hydrogen) atoms. The summed E-state index contributed by atoms with van der Waals surface area (Å²) in [7, 11) is 3.31. The van der Waals surface area contributed by atoms with Gasteiger partial charge < -0.3 is 25.4 Å². The SMILES string of the molecule is CCOc1ccc(NC(=NC)NCc2cccc(NC(C)=O)c2)cc1OC.I. The number of carbonyl (C=O) groups excluding carboxylic acids is 1. The van der Waals surface area contributed by atoms with E-state index in [1.54, 1.807) is 14.2 Å². The van der Waals surface area contributed by atoms with Gasteiger partial charge in [0.25, 0.3) is 0 Å². The fourth-order valence-electron chi connectivity index (χ4n) is 2.48. The van der Waals surface area contributed by atoms with E-state index in [1.807, 2.05) is 49.4 Å². The van der Waals surface area contributed by atoms with Crippen LogP contribution in [-0.4, -0.2) is 32.6 Å². The first kappa shape index (κ1) is 23.5. The zero-order valence-electron chi connectivity index (χ0n) is 16.5. The van der Waals surface area contributed by atoms with Gasteiger partial charge in [0.15, 0.2) is 17.5 Å². The van der Waals surface area contributed by atoms with Gasteiger partial charge in [-0.25, -0.2) is 0 Å². The summed E-state index contributed by atoms with van der Waals surface area (Å²) in [5.74, 6) is 1.87. The fourth-order valence-corrected chi connectivity index (χ4v) is 2.48. The van der Waals surface area contributed by atoms with Crippen LogP contribution in [0.2, 0.25) is 0 Å². The molecule has 0 unspecified atom stereocenters. The lowest BCUT2D eigenvalue weighted by Gasteiger charge is -2.15. The molecule has 0 bridgehead atoms. The van der Waals surface area contributed by atoms with E-state index in [4.69, 9.17) is 9.47 Å². The first-order valence-electron chi connectivity index (χ1n) is 8.70. The summed E-state index contributed by atoms with van der Waals surface area (Å²) in [4.78, 5) is 15.4. The van der Waals surface area contributed by atoms with E-state index < -0.39 is 0 Å². The van der Waals surface area contributed by atoms with E-state index in [1.165, 1.54) is 6.92 Å². The first-order chi connectivity index (χ1) is 13.0. The standard InChI is InChI=1S/C20H26N4O3.HI/c1-5-27-18-10-9-17(12-19(18)26-4)24-20(21-3)22-13-15-7-6-8-16(11-15)23-14(2)25;/h6-12H,5,13H2,1-4H3,(H,23,25)(H2,21,22,24);1H. The normalized spacial score (nSPS) is 10.5. The summed E-state index contributed by atoms with van der Waals surface area (Å²) >= 11 is 0. The Kier molecular flexibility index (Phi) is 10.1. The van der Waals surface area contributed by atoms with Crippen molar-refractivity contribution in [2.24, 2.45) is 4.99 Å². The van der Waals surface area contributed by atoms with Crippen molar-refractivity contribution in [3.05, 3.63) is 48.0 Å². The number of anilines is 2. The van der Waals surface area contributed by atoms with E-state index in [-0.39, 0.29) is 29.9 Å². The molecular formula is C20H27IN4O3. The summed E-state index contributed by atoms with van der Waals surface area (Å²) < 4.78 is 10.9. The minimum Gasteiger partial charge on any atom is -0.493 e. The predicted octanol–water partition coefficient (Wildman–Crippen LogP) is 3.86. The van der Waals surface area contributed by atoms with E-state index in [0.29, 0.717) is 30.6 Å². The van der Waals surface area contributed by atoms with Crippen molar-refractivity contribution in [1.29, 1.82) is 0 Å². The van der Waals surface area contributed by atoms with Crippen LogP contribution >= 0.6 is 24.0 Å². The predicted molar refractivity (Wildman–Crippen MR) is 124 cm³/mol. The molecule has 2 aromatic rings. The van der Waals surface area contributed by atoms with Crippen molar-refractivity contribution < 1.29 is 14.3 Å². The highest BCUT2D eigenvalue weighted by atomic mass is 127. The number of guanidine groups is 1. The maximum absolute atomic E-state index is 11.2. The molecular weight excluding hydrogens is 471 g/mol. The molecule has 3 N–H and O–H groups in total. The van der Waals surface area contributed by atoms with Gasteiger partial charge in [0.1, 0.15) is 0 Å². The Morgan fingerprint density at radius 1 is 1.07 bits per heavy atom. The molecule has 1 amide bonds. The van der Waals surface area contributed by atoms with Crippen molar-refractivity contribution in [3.8, 4) is 11.5 Å². The lowest BCUT2D eigenvalue weighted by molar-refractivity contribution is -0.114. The highest BCUT2D eigenvalue weighted by Crippen LogP contribution is 2.30. The van der Waals surface area contributed by atoms with Gasteiger partial charge in [0, 0.05) is 38.0 Å². The number of amides is 1. The number of carbonyl (C=O) groups is 1. The number of ether oxygens (including phenoxy) is 2. The molecule has 0 aromatic heterocycles. The lowest BCUT2D eigenvalue weighted by Crippen LogP contribution is -2.30. The molecule has 8 heteroatoms. The van der Waals surface area contributed by atoms with Crippen molar-refractivity contribution in [1.82, 2.24) is 5.32 Å². The molecule has 0 saturated heterocycles. The maximum Gasteiger partial charge on any atom is 0.221 e. The minimum absolute atomic E-state index is 0. The zero-order chi connectivity index (χ0) is 19.6. The largest absolute Gasteiger partial charge is 0.493 e. The number of benzene rings is 2. The molecule has 0 aliphatic heterocycles. The Morgan fingerprint density at radius 3 is 2.46 bits per heavy atom. The van der Waals surface area contributed by atoms with Crippen LogP contribution in [0.5, 0.6) is 11.5 Å². The second kappa shape index (κ2) is 12.1. The summed E-state index contributed by atoms with van der Waals surface area (Å²) in [6.07, 6.45) is 0. The second-order valence-corrected chi connectivity index (χ2v) is 5.73. The van der Waals surface area contributed by atoms with Crippen molar-refractivity contribution in [2.75, 3.05) is 31.4 Å². The summed E-state index contributed by atoms with van der Waals surface area (Å²) in [5.41, 5.74) is 2.62. The van der Waals surface area contributed by atoms with Gasteiger partial charge in [-0.3, -0.25) is 9.79 Å². The molecule has 0 fully saturated rings. The van der Waals surface area contributed by atoms with Crippen LogP contribution in [0.1, 0.15) is 19.4 Å². The van der Waals surface area contributed by atoms with Crippen LogP contribution in [0.15, 0.2) is 47.5 Å². The molecule has 2 aromatic carbocycles. The van der Waals surface area contributed by atoms with Gasteiger partial charge in [0.2, 0.25) is 5.91 Å². The molecule has 7 nitrogen and oxygen atoms in total. The van der Waals surface area contributed by atoms with Crippen LogP contribution in [0.3, 0.4) is 0 Å². The number of methoxy groups -OCH3 is 1. The number of halogens is 1. The van der Waals surface area contributed by atoms with Crippen molar-refractivity contribution in [3.63, 3.8) is 0 Å². The van der Waals surface area contributed by atoms with Crippen LogP contribution in [0.25, 0.3) is 0 Å². The molecule has 0 aliphatic carbocycles. The number of rotatable bonds is 7. The first-order valence-corrected chi connectivity index (χ1v) is 8.70. The summed E-state index contributed by atoms with van der Waals surface area (Å²) in [5, 5.41) is 9.25. The van der Waals surface area contributed by atoms with Gasteiger partial charge in [-0.15, -0.1) is 24.0 Å². The Hall–Kier alpha value is -2.49. The van der Waals surface area contributed by atoms with Crippen molar-refractivity contribution in [2.45, 2.75) is 20.4 Å². The number of hydrogen-bond donors (Lipinski definition) is 3. The Bertz CT molecular complexity index is 812. The number of nitrogens with zero attached hydrogens (tertiary/aromatic N) is 1. The van der Waals surface area contributed by atoms with Gasteiger partial charge >= 0.3 is 0 Å².